The van der Waals surface area contributed by atoms with Crippen LogP contribution >= 0.6 is 23.2 Å². The van der Waals surface area contributed by atoms with E-state index in [1.807, 2.05) is 13.8 Å². The molecule has 0 amide bonds. The molecule has 0 heterocycles. The first-order chi connectivity index (χ1) is 7.06. The van der Waals surface area contributed by atoms with Gasteiger partial charge in [-0.15, -0.1) is 0 Å². The van der Waals surface area contributed by atoms with Crippen molar-refractivity contribution in [3.63, 3.8) is 0 Å². The summed E-state index contributed by atoms with van der Waals surface area (Å²) >= 11 is 11.6. The molecule has 0 fully saturated rings. The molecule has 0 spiro atoms. The zero-order valence-electron chi connectivity index (χ0n) is 8.68. The molecular formula is C11H13Cl2NO. The predicted octanol–water partition coefficient (Wildman–Crippen LogP) is 3.17. The van der Waals surface area contributed by atoms with Crippen molar-refractivity contribution in [1.29, 1.82) is 0 Å². The van der Waals surface area contributed by atoms with E-state index in [0.717, 1.165) is 6.54 Å². The van der Waals surface area contributed by atoms with Gasteiger partial charge in [-0.25, -0.2) is 0 Å². The van der Waals surface area contributed by atoms with Gasteiger partial charge in [-0.05, 0) is 31.7 Å². The van der Waals surface area contributed by atoms with E-state index >= 15 is 0 Å². The second kappa shape index (κ2) is 5.50. The Morgan fingerprint density at radius 1 is 1.40 bits per heavy atom. The highest BCUT2D eigenvalue weighted by molar-refractivity contribution is 6.42. The number of Topliss-reactive ketones (excluding diaryl/α,β-unsaturated/α-hetero) is 1. The minimum Gasteiger partial charge on any atom is -0.308 e. The molecule has 15 heavy (non-hydrogen) atoms. The number of benzene rings is 1. The molecule has 4 heteroatoms. The van der Waals surface area contributed by atoms with Gasteiger partial charge in [0.05, 0.1) is 16.1 Å². The largest absolute Gasteiger partial charge is 0.308 e. The Kier molecular flexibility index (Phi) is 4.58. The van der Waals surface area contributed by atoms with Crippen molar-refractivity contribution in [3.05, 3.63) is 33.8 Å². The molecule has 0 radical (unpaired) electrons. The summed E-state index contributed by atoms with van der Waals surface area (Å²) in [6.45, 7) is 4.54. The molecule has 82 valence electrons. The summed E-state index contributed by atoms with van der Waals surface area (Å²) in [7, 11) is 0. The van der Waals surface area contributed by atoms with Crippen molar-refractivity contribution in [1.82, 2.24) is 5.32 Å². The minimum atomic E-state index is -0.202. The van der Waals surface area contributed by atoms with Gasteiger partial charge in [0.15, 0.2) is 5.78 Å². The molecule has 2 nitrogen and oxygen atoms in total. The van der Waals surface area contributed by atoms with Crippen molar-refractivity contribution in [3.8, 4) is 0 Å². The van der Waals surface area contributed by atoms with Crippen molar-refractivity contribution < 1.29 is 4.79 Å². The molecular weight excluding hydrogens is 233 g/mol. The van der Waals surface area contributed by atoms with Crippen molar-refractivity contribution in [2.45, 2.75) is 19.9 Å². The van der Waals surface area contributed by atoms with Crippen molar-refractivity contribution in [2.24, 2.45) is 0 Å². The molecule has 1 aromatic rings. The number of halogens is 2. The Morgan fingerprint density at radius 3 is 2.60 bits per heavy atom. The Balaban J connectivity index is 2.87. The second-order valence-corrected chi connectivity index (χ2v) is 4.09. The molecule has 1 unspecified atom stereocenters. The summed E-state index contributed by atoms with van der Waals surface area (Å²) in [5.41, 5.74) is 0.581. The van der Waals surface area contributed by atoms with Crippen molar-refractivity contribution in [2.75, 3.05) is 6.54 Å². The molecule has 1 atom stereocenters. The average molecular weight is 246 g/mol. The van der Waals surface area contributed by atoms with Crippen molar-refractivity contribution >= 4 is 29.0 Å². The zero-order valence-corrected chi connectivity index (χ0v) is 10.2. The van der Waals surface area contributed by atoms with Crippen LogP contribution in [0.25, 0.3) is 0 Å². The number of carbonyl (C=O) groups is 1. The van der Waals surface area contributed by atoms with E-state index in [4.69, 9.17) is 23.2 Å². The number of hydrogen-bond acceptors (Lipinski definition) is 2. The Bertz CT molecular complexity index is 366. The standard InChI is InChI=1S/C11H13Cl2NO/c1-3-14-7(2)11(15)8-4-5-9(12)10(13)6-8/h4-7,14H,3H2,1-2H3. The van der Waals surface area contributed by atoms with Gasteiger partial charge in [-0.1, -0.05) is 30.1 Å². The summed E-state index contributed by atoms with van der Waals surface area (Å²) in [5.74, 6) is 0.0235. The lowest BCUT2D eigenvalue weighted by Gasteiger charge is -2.11. The summed E-state index contributed by atoms with van der Waals surface area (Å²) in [5, 5.41) is 3.92. The molecule has 0 aliphatic rings. The van der Waals surface area contributed by atoms with Crippen LogP contribution in [-0.2, 0) is 0 Å². The quantitative estimate of drug-likeness (QED) is 0.826. The first-order valence-electron chi connectivity index (χ1n) is 4.79. The highest BCUT2D eigenvalue weighted by Gasteiger charge is 2.14. The Morgan fingerprint density at radius 2 is 2.07 bits per heavy atom. The molecule has 0 aliphatic heterocycles. The molecule has 1 N–H and O–H groups in total. The maximum Gasteiger partial charge on any atom is 0.179 e. The van der Waals surface area contributed by atoms with Crippen LogP contribution in [0.5, 0.6) is 0 Å². The highest BCUT2D eigenvalue weighted by Crippen LogP contribution is 2.23. The van der Waals surface area contributed by atoms with Crippen LogP contribution in [0.3, 0.4) is 0 Å². The van der Waals surface area contributed by atoms with Gasteiger partial charge in [0.25, 0.3) is 0 Å². The second-order valence-electron chi connectivity index (χ2n) is 3.27. The number of likely N-dealkylation sites (N-methyl/N-ethyl adjacent to an activating group) is 1. The predicted molar refractivity (Wildman–Crippen MR) is 63.9 cm³/mol. The van der Waals surface area contributed by atoms with Gasteiger partial charge in [0.1, 0.15) is 0 Å². The fourth-order valence-electron chi connectivity index (χ4n) is 1.30. The number of nitrogens with one attached hydrogen (secondary N) is 1. The number of rotatable bonds is 4. The molecule has 0 saturated carbocycles. The van der Waals surface area contributed by atoms with E-state index in [9.17, 15) is 4.79 Å². The fraction of sp³-hybridized carbons (Fsp3) is 0.364. The lowest BCUT2D eigenvalue weighted by molar-refractivity contribution is 0.0952. The smallest absolute Gasteiger partial charge is 0.179 e. The van der Waals surface area contributed by atoms with E-state index in [1.165, 1.54) is 0 Å². The molecule has 0 aromatic heterocycles. The average Bonchev–Trinajstić information content (AvgIpc) is 2.21. The molecule has 1 aromatic carbocycles. The monoisotopic (exact) mass is 245 g/mol. The molecule has 0 aliphatic carbocycles. The van der Waals surface area contributed by atoms with Gasteiger partial charge >= 0.3 is 0 Å². The van der Waals surface area contributed by atoms with Crippen LogP contribution in [0.1, 0.15) is 24.2 Å². The van der Waals surface area contributed by atoms with Crippen LogP contribution in [-0.4, -0.2) is 18.4 Å². The van der Waals surface area contributed by atoms with Crippen LogP contribution in [0.4, 0.5) is 0 Å². The van der Waals surface area contributed by atoms with E-state index < -0.39 is 0 Å². The first kappa shape index (κ1) is 12.5. The summed E-state index contributed by atoms with van der Waals surface area (Å²) in [6, 6.07) is 4.72. The van der Waals surface area contributed by atoms with Crippen LogP contribution in [0.2, 0.25) is 10.0 Å². The lowest BCUT2D eigenvalue weighted by Crippen LogP contribution is -2.33. The SMILES string of the molecule is CCNC(C)C(=O)c1ccc(Cl)c(Cl)c1. The van der Waals surface area contributed by atoms with Gasteiger partial charge in [-0.3, -0.25) is 4.79 Å². The van der Waals surface area contributed by atoms with Crippen LogP contribution in [0, 0.1) is 0 Å². The third-order valence-corrected chi connectivity index (χ3v) is 2.85. The van der Waals surface area contributed by atoms with E-state index in [2.05, 4.69) is 5.32 Å². The number of hydrogen-bond donors (Lipinski definition) is 1. The molecule has 0 bridgehead atoms. The zero-order chi connectivity index (χ0) is 11.4. The lowest BCUT2D eigenvalue weighted by atomic mass is 10.1. The third kappa shape index (κ3) is 3.20. The summed E-state index contributed by atoms with van der Waals surface area (Å²) in [4.78, 5) is 11.8. The van der Waals surface area contributed by atoms with E-state index in [0.29, 0.717) is 15.6 Å². The normalized spacial score (nSPS) is 12.5. The van der Waals surface area contributed by atoms with Gasteiger partial charge in [0, 0.05) is 5.56 Å². The maximum absolute atomic E-state index is 11.8. The van der Waals surface area contributed by atoms with Crippen LogP contribution < -0.4 is 5.32 Å². The topological polar surface area (TPSA) is 29.1 Å². The number of carbonyl (C=O) groups excluding carboxylic acids is 1. The Labute approximate surface area is 99.6 Å². The number of ketones is 1. The molecule has 0 saturated heterocycles. The Hall–Kier alpha value is -0.570. The minimum absolute atomic E-state index is 0.0235. The maximum atomic E-state index is 11.8. The summed E-state index contributed by atoms with van der Waals surface area (Å²) in [6.07, 6.45) is 0. The molecule has 1 rings (SSSR count). The third-order valence-electron chi connectivity index (χ3n) is 2.11. The van der Waals surface area contributed by atoms with Gasteiger partial charge in [-0.2, -0.15) is 0 Å². The van der Waals surface area contributed by atoms with E-state index in [1.54, 1.807) is 18.2 Å². The van der Waals surface area contributed by atoms with Crippen LogP contribution in [0.15, 0.2) is 18.2 Å². The summed E-state index contributed by atoms with van der Waals surface area (Å²) < 4.78 is 0. The van der Waals surface area contributed by atoms with Gasteiger partial charge in [0.2, 0.25) is 0 Å². The fourth-order valence-corrected chi connectivity index (χ4v) is 1.60. The van der Waals surface area contributed by atoms with Gasteiger partial charge < -0.3 is 5.32 Å². The highest BCUT2D eigenvalue weighted by atomic mass is 35.5. The first-order valence-corrected chi connectivity index (χ1v) is 5.54. The van der Waals surface area contributed by atoms with E-state index in [-0.39, 0.29) is 11.8 Å².